The molecule has 0 spiro atoms. The summed E-state index contributed by atoms with van der Waals surface area (Å²) >= 11 is 0. The van der Waals surface area contributed by atoms with Gasteiger partial charge in [0.1, 0.15) is 0 Å². The first-order valence-electron chi connectivity index (χ1n) is 13.8. The minimum atomic E-state index is -0.846. The number of urea groups is 1. The molecule has 37 heavy (non-hydrogen) atoms. The Bertz CT molecular complexity index is 954. The molecule has 0 aromatic rings. The molecule has 6 atom stereocenters. The van der Waals surface area contributed by atoms with Gasteiger partial charge in [0, 0.05) is 18.4 Å². The van der Waals surface area contributed by atoms with E-state index in [0.717, 1.165) is 19.3 Å². The molecule has 3 N–H and O–H groups in total. The van der Waals surface area contributed by atoms with E-state index < -0.39 is 52.5 Å². The smallest absolute Gasteiger partial charge is 0.315 e. The lowest BCUT2D eigenvalue weighted by Gasteiger charge is -2.36. The molecule has 3 rings (SSSR count). The van der Waals surface area contributed by atoms with Gasteiger partial charge < -0.3 is 16.0 Å². The number of hydrogen-bond donors (Lipinski definition) is 3. The quantitative estimate of drug-likeness (QED) is 0.402. The highest BCUT2D eigenvalue weighted by atomic mass is 16.2. The highest BCUT2D eigenvalue weighted by molar-refractivity contribution is 6.38. The highest BCUT2D eigenvalue weighted by Gasteiger charge is 2.70. The third kappa shape index (κ3) is 6.43. The van der Waals surface area contributed by atoms with Crippen molar-refractivity contribution in [2.75, 3.05) is 0 Å². The molecule has 0 aromatic heterocycles. The molecule has 0 bridgehead atoms. The number of amides is 3. The Kier molecular flexibility index (Phi) is 8.03. The van der Waals surface area contributed by atoms with E-state index in [2.05, 4.69) is 29.8 Å². The first-order chi connectivity index (χ1) is 16.8. The molecule has 208 valence electrons. The third-order valence-corrected chi connectivity index (χ3v) is 8.82. The molecular weight excluding hydrogens is 470 g/mol. The summed E-state index contributed by atoms with van der Waals surface area (Å²) < 4.78 is 0. The number of Topliss-reactive ketones (excluding diaryl/α,β-unsaturated/α-hetero) is 3. The molecule has 0 aliphatic heterocycles. The number of carbonyl (C=O) groups is 5. The van der Waals surface area contributed by atoms with Gasteiger partial charge >= 0.3 is 6.03 Å². The van der Waals surface area contributed by atoms with Gasteiger partial charge in [0.05, 0.1) is 18.0 Å². The van der Waals surface area contributed by atoms with Crippen molar-refractivity contribution in [2.24, 2.45) is 40.4 Å². The van der Waals surface area contributed by atoms with Crippen molar-refractivity contribution in [3.05, 3.63) is 0 Å². The van der Waals surface area contributed by atoms with E-state index in [9.17, 15) is 24.0 Å². The highest BCUT2D eigenvalue weighted by Crippen LogP contribution is 2.71. The van der Waals surface area contributed by atoms with Crippen LogP contribution in [0.2, 0.25) is 0 Å². The average molecular weight is 518 g/mol. The summed E-state index contributed by atoms with van der Waals surface area (Å²) in [4.78, 5) is 65.1. The van der Waals surface area contributed by atoms with E-state index in [1.807, 2.05) is 41.5 Å². The van der Waals surface area contributed by atoms with E-state index in [-0.39, 0.29) is 28.9 Å². The van der Waals surface area contributed by atoms with Crippen LogP contribution in [0.5, 0.6) is 0 Å². The third-order valence-electron chi connectivity index (χ3n) is 8.82. The molecule has 3 aliphatic carbocycles. The zero-order valence-corrected chi connectivity index (χ0v) is 24.1. The Labute approximate surface area is 221 Å². The fraction of sp³-hybridized carbons (Fsp3) is 0.828. The maximum absolute atomic E-state index is 14.0. The number of rotatable bonds is 9. The van der Waals surface area contributed by atoms with Crippen molar-refractivity contribution in [1.82, 2.24) is 16.0 Å². The molecule has 3 aliphatic rings. The van der Waals surface area contributed by atoms with Crippen molar-refractivity contribution < 1.29 is 24.0 Å². The SMILES string of the molecule is CC(=O)C(=O)C(CC1CCC1)NC(=O)[C@H]1C(C(=O)[C@@H](NC(=O)NC(C)(C)C)C(C)(C)C)C[C@H]2[C@@H]1C2(C)C. The number of carbonyl (C=O) groups excluding carboxylic acids is 5. The lowest BCUT2D eigenvalue weighted by molar-refractivity contribution is -0.140. The summed E-state index contributed by atoms with van der Waals surface area (Å²) in [5.41, 5.74) is -1.09. The molecule has 3 amide bonds. The molecule has 8 heteroatoms. The largest absolute Gasteiger partial charge is 0.346 e. The molecule has 0 heterocycles. The second kappa shape index (κ2) is 10.1. The van der Waals surface area contributed by atoms with Crippen LogP contribution in [-0.4, -0.2) is 46.9 Å². The minimum absolute atomic E-state index is 0.0299. The summed E-state index contributed by atoms with van der Waals surface area (Å²) in [5.74, 6) is -2.15. The Hall–Kier alpha value is -2.25. The van der Waals surface area contributed by atoms with Gasteiger partial charge in [0.15, 0.2) is 11.6 Å². The second-order valence-corrected chi connectivity index (χ2v) is 14.4. The molecule has 0 radical (unpaired) electrons. The fourth-order valence-electron chi connectivity index (χ4n) is 6.50. The van der Waals surface area contributed by atoms with E-state index >= 15 is 0 Å². The zero-order chi connectivity index (χ0) is 28.1. The summed E-state index contributed by atoms with van der Waals surface area (Å²) in [6.07, 6.45) is 4.13. The standard InChI is InChI=1S/C29H47N3O5/c1-15(33)22(34)19(13-16-11-10-12-16)30-25(36)20-17(14-18-21(20)29(18,8)9)23(35)24(27(2,3)4)31-26(37)32-28(5,6)7/h16-21,24H,10-14H2,1-9H3,(H,30,36)(H2,31,32,37)/t17?,18-,19?,20-,21-,24+/m0/s1. The predicted molar refractivity (Wildman–Crippen MR) is 142 cm³/mol. The summed E-state index contributed by atoms with van der Waals surface area (Å²) in [7, 11) is 0. The summed E-state index contributed by atoms with van der Waals surface area (Å²) in [6, 6.07) is -2.04. The van der Waals surface area contributed by atoms with Gasteiger partial charge in [-0.25, -0.2) is 4.79 Å². The zero-order valence-electron chi connectivity index (χ0n) is 24.1. The first-order valence-corrected chi connectivity index (χ1v) is 13.8. The monoisotopic (exact) mass is 517 g/mol. The van der Waals surface area contributed by atoms with Crippen LogP contribution in [0.1, 0.15) is 94.4 Å². The Morgan fingerprint density at radius 3 is 2.00 bits per heavy atom. The van der Waals surface area contributed by atoms with Crippen LogP contribution in [0.4, 0.5) is 4.79 Å². The van der Waals surface area contributed by atoms with Crippen molar-refractivity contribution >= 4 is 29.3 Å². The van der Waals surface area contributed by atoms with Crippen molar-refractivity contribution in [3.8, 4) is 0 Å². The number of hydrogen-bond acceptors (Lipinski definition) is 5. The Morgan fingerprint density at radius 2 is 1.54 bits per heavy atom. The summed E-state index contributed by atoms with van der Waals surface area (Å²) in [6.45, 7) is 16.8. The fourth-order valence-corrected chi connectivity index (χ4v) is 6.50. The molecule has 3 saturated carbocycles. The molecule has 8 nitrogen and oxygen atoms in total. The van der Waals surface area contributed by atoms with Crippen molar-refractivity contribution in [2.45, 2.75) is 112 Å². The van der Waals surface area contributed by atoms with Crippen LogP contribution in [0.3, 0.4) is 0 Å². The average Bonchev–Trinajstić information content (AvgIpc) is 3.06. The van der Waals surface area contributed by atoms with Crippen LogP contribution < -0.4 is 16.0 Å². The number of fused-ring (bicyclic) bond motifs is 1. The molecule has 0 saturated heterocycles. The maximum atomic E-state index is 14.0. The van der Waals surface area contributed by atoms with Gasteiger partial charge in [-0.1, -0.05) is 53.9 Å². The van der Waals surface area contributed by atoms with Crippen molar-refractivity contribution in [1.29, 1.82) is 0 Å². The number of ketones is 3. The van der Waals surface area contributed by atoms with Crippen LogP contribution in [0.15, 0.2) is 0 Å². The lowest BCUT2D eigenvalue weighted by Crippen LogP contribution is -2.58. The van der Waals surface area contributed by atoms with Gasteiger partial charge in [-0.15, -0.1) is 0 Å². The van der Waals surface area contributed by atoms with Gasteiger partial charge in [-0.3, -0.25) is 19.2 Å². The van der Waals surface area contributed by atoms with Gasteiger partial charge in [0.25, 0.3) is 0 Å². The first kappa shape index (κ1) is 29.3. The van der Waals surface area contributed by atoms with Crippen molar-refractivity contribution in [3.63, 3.8) is 0 Å². The van der Waals surface area contributed by atoms with Gasteiger partial charge in [-0.05, 0) is 62.2 Å². The van der Waals surface area contributed by atoms with E-state index in [1.54, 1.807) is 0 Å². The Balaban J connectivity index is 1.83. The minimum Gasteiger partial charge on any atom is -0.346 e. The second-order valence-electron chi connectivity index (χ2n) is 14.4. The van der Waals surface area contributed by atoms with E-state index in [0.29, 0.717) is 18.8 Å². The predicted octanol–water partition coefficient (Wildman–Crippen LogP) is 3.81. The van der Waals surface area contributed by atoms with E-state index in [1.165, 1.54) is 6.92 Å². The summed E-state index contributed by atoms with van der Waals surface area (Å²) in [5, 5.41) is 8.65. The molecule has 0 aromatic carbocycles. The molecule has 3 fully saturated rings. The van der Waals surface area contributed by atoms with Gasteiger partial charge in [-0.2, -0.15) is 0 Å². The van der Waals surface area contributed by atoms with Crippen LogP contribution >= 0.6 is 0 Å². The maximum Gasteiger partial charge on any atom is 0.315 e. The van der Waals surface area contributed by atoms with Crippen LogP contribution in [0, 0.1) is 40.4 Å². The van der Waals surface area contributed by atoms with Gasteiger partial charge in [0.2, 0.25) is 11.7 Å². The normalized spacial score (nSPS) is 28.2. The van der Waals surface area contributed by atoms with Crippen LogP contribution in [0.25, 0.3) is 0 Å². The lowest BCUT2D eigenvalue weighted by atomic mass is 9.73. The number of nitrogens with one attached hydrogen (secondary N) is 3. The van der Waals surface area contributed by atoms with Crippen LogP contribution in [-0.2, 0) is 19.2 Å². The Morgan fingerprint density at radius 1 is 0.946 bits per heavy atom. The molecule has 2 unspecified atom stereocenters. The topological polar surface area (TPSA) is 121 Å². The van der Waals surface area contributed by atoms with E-state index in [4.69, 9.17) is 0 Å². The molecular formula is C29H47N3O5.